The monoisotopic (exact) mass is 346 g/mol. The fourth-order valence-electron chi connectivity index (χ4n) is 1.85. The zero-order valence-corrected chi connectivity index (χ0v) is 13.1. The standard InChI is InChI=1S/C16H15BrN2O2/c1-2-11-5-3-4-6-14(11)19-16(21)15(20)18-13-9-7-12(17)8-10-13/h3-10H,2H2,1H3,(H,18,20)(H,19,21). The van der Waals surface area contributed by atoms with Crippen LogP contribution in [0.1, 0.15) is 12.5 Å². The van der Waals surface area contributed by atoms with E-state index in [1.54, 1.807) is 30.3 Å². The highest BCUT2D eigenvalue weighted by molar-refractivity contribution is 9.10. The van der Waals surface area contributed by atoms with Crippen molar-refractivity contribution in [1.82, 2.24) is 0 Å². The predicted octanol–water partition coefficient (Wildman–Crippen LogP) is 3.59. The van der Waals surface area contributed by atoms with E-state index in [1.807, 2.05) is 25.1 Å². The molecule has 2 N–H and O–H groups in total. The van der Waals surface area contributed by atoms with Crippen LogP contribution >= 0.6 is 15.9 Å². The first-order valence-electron chi connectivity index (χ1n) is 6.56. The lowest BCUT2D eigenvalue weighted by Crippen LogP contribution is -2.29. The van der Waals surface area contributed by atoms with Crippen molar-refractivity contribution in [3.05, 3.63) is 58.6 Å². The Kier molecular flexibility index (Phi) is 5.11. The van der Waals surface area contributed by atoms with Crippen molar-refractivity contribution < 1.29 is 9.59 Å². The Morgan fingerprint density at radius 2 is 1.57 bits per heavy atom. The quantitative estimate of drug-likeness (QED) is 0.834. The van der Waals surface area contributed by atoms with Gasteiger partial charge in [0.05, 0.1) is 0 Å². The molecule has 0 spiro atoms. The molecule has 0 saturated carbocycles. The van der Waals surface area contributed by atoms with Gasteiger partial charge in [-0.05, 0) is 42.3 Å². The average molecular weight is 347 g/mol. The van der Waals surface area contributed by atoms with Crippen LogP contribution < -0.4 is 10.6 Å². The molecule has 2 amide bonds. The first kappa shape index (κ1) is 15.3. The number of halogens is 1. The largest absolute Gasteiger partial charge is 0.318 e. The zero-order chi connectivity index (χ0) is 15.2. The highest BCUT2D eigenvalue weighted by atomic mass is 79.9. The Hall–Kier alpha value is -2.14. The maximum atomic E-state index is 11.9. The second-order valence-electron chi connectivity index (χ2n) is 4.43. The summed E-state index contributed by atoms with van der Waals surface area (Å²) in [5.41, 5.74) is 2.22. The highest BCUT2D eigenvalue weighted by Gasteiger charge is 2.15. The zero-order valence-electron chi connectivity index (χ0n) is 11.5. The number of anilines is 2. The molecule has 0 bridgehead atoms. The van der Waals surface area contributed by atoms with Crippen LogP contribution in [0.2, 0.25) is 0 Å². The van der Waals surface area contributed by atoms with Crippen LogP contribution in [0.25, 0.3) is 0 Å². The molecule has 0 aromatic heterocycles. The molecule has 0 aliphatic carbocycles. The van der Waals surface area contributed by atoms with E-state index in [0.29, 0.717) is 11.4 Å². The van der Waals surface area contributed by atoms with Crippen LogP contribution in [0.15, 0.2) is 53.0 Å². The van der Waals surface area contributed by atoms with Gasteiger partial charge in [0.15, 0.2) is 0 Å². The fourth-order valence-corrected chi connectivity index (χ4v) is 2.12. The molecular formula is C16H15BrN2O2. The van der Waals surface area contributed by atoms with Crippen molar-refractivity contribution in [1.29, 1.82) is 0 Å². The summed E-state index contributed by atoms with van der Waals surface area (Å²) in [4.78, 5) is 23.8. The van der Waals surface area contributed by atoms with Crippen LogP contribution in [-0.4, -0.2) is 11.8 Å². The van der Waals surface area contributed by atoms with Gasteiger partial charge in [-0.15, -0.1) is 0 Å². The van der Waals surface area contributed by atoms with E-state index in [-0.39, 0.29) is 0 Å². The lowest BCUT2D eigenvalue weighted by molar-refractivity contribution is -0.133. The van der Waals surface area contributed by atoms with Crippen molar-refractivity contribution >= 4 is 39.1 Å². The predicted molar refractivity (Wildman–Crippen MR) is 87.2 cm³/mol. The first-order chi connectivity index (χ1) is 10.1. The van der Waals surface area contributed by atoms with E-state index >= 15 is 0 Å². The van der Waals surface area contributed by atoms with Crippen LogP contribution in [0, 0.1) is 0 Å². The van der Waals surface area contributed by atoms with Crippen molar-refractivity contribution in [3.63, 3.8) is 0 Å². The van der Waals surface area contributed by atoms with Crippen LogP contribution in [-0.2, 0) is 16.0 Å². The van der Waals surface area contributed by atoms with Crippen molar-refractivity contribution in [2.45, 2.75) is 13.3 Å². The summed E-state index contributed by atoms with van der Waals surface area (Å²) in [6.45, 7) is 1.99. The number of para-hydroxylation sites is 1. The molecule has 4 nitrogen and oxygen atoms in total. The molecule has 0 radical (unpaired) electrons. The summed E-state index contributed by atoms with van der Waals surface area (Å²) >= 11 is 3.31. The molecule has 0 heterocycles. The Labute approximate surface area is 131 Å². The lowest BCUT2D eigenvalue weighted by Gasteiger charge is -2.09. The molecule has 0 aliphatic heterocycles. The minimum Gasteiger partial charge on any atom is -0.318 e. The molecule has 0 fully saturated rings. The smallest absolute Gasteiger partial charge is 0.314 e. The van der Waals surface area contributed by atoms with Crippen molar-refractivity contribution in [3.8, 4) is 0 Å². The summed E-state index contributed by atoms with van der Waals surface area (Å²) in [5.74, 6) is -1.37. The van der Waals surface area contributed by atoms with Gasteiger partial charge in [0.1, 0.15) is 0 Å². The van der Waals surface area contributed by atoms with Gasteiger partial charge < -0.3 is 10.6 Å². The van der Waals surface area contributed by atoms with Gasteiger partial charge in [0, 0.05) is 15.8 Å². The van der Waals surface area contributed by atoms with E-state index < -0.39 is 11.8 Å². The van der Waals surface area contributed by atoms with E-state index in [0.717, 1.165) is 16.5 Å². The molecule has 0 unspecified atom stereocenters. The Morgan fingerprint density at radius 1 is 0.952 bits per heavy atom. The van der Waals surface area contributed by atoms with Gasteiger partial charge in [-0.25, -0.2) is 0 Å². The number of rotatable bonds is 3. The average Bonchev–Trinajstić information content (AvgIpc) is 2.50. The number of benzene rings is 2. The highest BCUT2D eigenvalue weighted by Crippen LogP contribution is 2.16. The Bertz CT molecular complexity index is 654. The van der Waals surface area contributed by atoms with Crippen LogP contribution in [0.3, 0.4) is 0 Å². The minimum atomic E-state index is -0.691. The number of hydrogen-bond donors (Lipinski definition) is 2. The third kappa shape index (κ3) is 4.16. The number of amides is 2. The fraction of sp³-hybridized carbons (Fsp3) is 0.125. The number of carbonyl (C=O) groups is 2. The van der Waals surface area contributed by atoms with Gasteiger partial charge >= 0.3 is 11.8 Å². The van der Waals surface area contributed by atoms with Gasteiger partial charge in [-0.3, -0.25) is 9.59 Å². The van der Waals surface area contributed by atoms with Gasteiger partial charge in [0.2, 0.25) is 0 Å². The van der Waals surface area contributed by atoms with E-state index in [2.05, 4.69) is 26.6 Å². The van der Waals surface area contributed by atoms with Crippen molar-refractivity contribution in [2.75, 3.05) is 10.6 Å². The van der Waals surface area contributed by atoms with E-state index in [4.69, 9.17) is 0 Å². The number of carbonyl (C=O) groups excluding carboxylic acids is 2. The molecular weight excluding hydrogens is 332 g/mol. The molecule has 108 valence electrons. The van der Waals surface area contributed by atoms with Gasteiger partial charge in [-0.2, -0.15) is 0 Å². The second kappa shape index (κ2) is 7.04. The minimum absolute atomic E-state index is 0.571. The maximum Gasteiger partial charge on any atom is 0.314 e. The number of hydrogen-bond acceptors (Lipinski definition) is 2. The van der Waals surface area contributed by atoms with Gasteiger partial charge in [0.25, 0.3) is 0 Å². The topological polar surface area (TPSA) is 58.2 Å². The van der Waals surface area contributed by atoms with Crippen LogP contribution in [0.5, 0.6) is 0 Å². The summed E-state index contributed by atoms with van der Waals surface area (Å²) < 4.78 is 0.904. The number of aryl methyl sites for hydroxylation is 1. The first-order valence-corrected chi connectivity index (χ1v) is 7.35. The van der Waals surface area contributed by atoms with Crippen molar-refractivity contribution in [2.24, 2.45) is 0 Å². The molecule has 5 heteroatoms. The van der Waals surface area contributed by atoms with E-state index in [1.165, 1.54) is 0 Å². The molecule has 0 atom stereocenters. The maximum absolute atomic E-state index is 11.9. The molecule has 2 aromatic carbocycles. The second-order valence-corrected chi connectivity index (χ2v) is 5.34. The molecule has 2 rings (SSSR count). The summed E-state index contributed by atoms with van der Waals surface area (Å²) in [7, 11) is 0. The van der Waals surface area contributed by atoms with E-state index in [9.17, 15) is 9.59 Å². The van der Waals surface area contributed by atoms with Crippen LogP contribution in [0.4, 0.5) is 11.4 Å². The lowest BCUT2D eigenvalue weighted by atomic mass is 10.1. The third-order valence-corrected chi connectivity index (χ3v) is 3.48. The third-order valence-electron chi connectivity index (χ3n) is 2.95. The van der Waals surface area contributed by atoms with Gasteiger partial charge in [-0.1, -0.05) is 41.1 Å². The normalized spacial score (nSPS) is 10.0. The molecule has 2 aromatic rings. The molecule has 0 saturated heterocycles. The summed E-state index contributed by atoms with van der Waals surface area (Å²) in [6, 6.07) is 14.4. The number of nitrogens with one attached hydrogen (secondary N) is 2. The SMILES string of the molecule is CCc1ccccc1NC(=O)C(=O)Nc1ccc(Br)cc1. The molecule has 21 heavy (non-hydrogen) atoms. The molecule has 0 aliphatic rings. The Balaban J connectivity index is 2.02. The Morgan fingerprint density at radius 3 is 2.24 bits per heavy atom. The summed E-state index contributed by atoms with van der Waals surface area (Å²) in [6.07, 6.45) is 0.783. The summed E-state index contributed by atoms with van der Waals surface area (Å²) in [5, 5.41) is 5.19.